The third-order valence-corrected chi connectivity index (χ3v) is 5.18. The lowest BCUT2D eigenvalue weighted by Crippen LogP contribution is -2.54. The number of thiocarbonyl (C=S) groups is 1. The molecule has 2 amide bonds. The molecular formula is C21H16BrFN2O6S. The van der Waals surface area contributed by atoms with E-state index in [0.717, 1.165) is 4.90 Å². The van der Waals surface area contributed by atoms with E-state index in [1.807, 2.05) is 0 Å². The van der Waals surface area contributed by atoms with Crippen molar-refractivity contribution in [3.8, 4) is 11.5 Å². The number of nitrogens with zero attached hydrogens (tertiary/aromatic N) is 1. The Balaban J connectivity index is 2.03. The maximum Gasteiger partial charge on any atom is 0.341 e. The van der Waals surface area contributed by atoms with Gasteiger partial charge < -0.3 is 14.6 Å². The predicted octanol–water partition coefficient (Wildman–Crippen LogP) is 3.28. The summed E-state index contributed by atoms with van der Waals surface area (Å²) in [6, 6.07) is 8.49. The van der Waals surface area contributed by atoms with E-state index in [-0.39, 0.29) is 34.5 Å². The molecule has 0 aliphatic carbocycles. The fourth-order valence-electron chi connectivity index (χ4n) is 2.85. The number of carbonyl (C=O) groups is 3. The van der Waals surface area contributed by atoms with Crippen LogP contribution in [-0.4, -0.2) is 41.2 Å². The van der Waals surface area contributed by atoms with Crippen LogP contribution in [0.25, 0.3) is 6.08 Å². The SMILES string of the molecule is CCOc1cc(/C=C2\C(=O)NC(=S)N(c3ccccc3F)C2=O)c(Br)cc1OCC(=O)O. The van der Waals surface area contributed by atoms with Crippen LogP contribution in [0.5, 0.6) is 11.5 Å². The molecule has 2 aromatic carbocycles. The minimum Gasteiger partial charge on any atom is -0.490 e. The Labute approximate surface area is 195 Å². The van der Waals surface area contributed by atoms with Crippen molar-refractivity contribution >= 4 is 62.8 Å². The molecule has 1 heterocycles. The Morgan fingerprint density at radius 3 is 2.59 bits per heavy atom. The lowest BCUT2D eigenvalue weighted by atomic mass is 10.1. The number of ether oxygens (including phenoxy) is 2. The summed E-state index contributed by atoms with van der Waals surface area (Å²) in [7, 11) is 0. The summed E-state index contributed by atoms with van der Waals surface area (Å²) in [5.74, 6) is -3.02. The summed E-state index contributed by atoms with van der Waals surface area (Å²) < 4.78 is 25.4. The van der Waals surface area contributed by atoms with Gasteiger partial charge in [0.25, 0.3) is 11.8 Å². The van der Waals surface area contributed by atoms with E-state index in [1.165, 1.54) is 42.5 Å². The fourth-order valence-corrected chi connectivity index (χ4v) is 3.56. The van der Waals surface area contributed by atoms with Crippen molar-refractivity contribution in [1.82, 2.24) is 5.32 Å². The Bertz CT molecular complexity index is 1150. The predicted molar refractivity (Wildman–Crippen MR) is 121 cm³/mol. The van der Waals surface area contributed by atoms with Crippen molar-refractivity contribution in [3.63, 3.8) is 0 Å². The minimum atomic E-state index is -1.16. The zero-order valence-corrected chi connectivity index (χ0v) is 19.0. The van der Waals surface area contributed by atoms with E-state index in [1.54, 1.807) is 6.92 Å². The van der Waals surface area contributed by atoms with Crippen LogP contribution in [0.2, 0.25) is 0 Å². The first-order valence-corrected chi connectivity index (χ1v) is 10.4. The molecule has 0 unspecified atom stereocenters. The number of aliphatic carboxylic acids is 1. The Morgan fingerprint density at radius 1 is 1.25 bits per heavy atom. The number of nitrogens with one attached hydrogen (secondary N) is 1. The Hall–Kier alpha value is -3.31. The normalized spacial score (nSPS) is 15.0. The van der Waals surface area contributed by atoms with E-state index in [9.17, 15) is 18.8 Å². The topological polar surface area (TPSA) is 105 Å². The van der Waals surface area contributed by atoms with Crippen LogP contribution in [0.15, 0.2) is 46.4 Å². The van der Waals surface area contributed by atoms with Gasteiger partial charge in [-0.05, 0) is 55.0 Å². The summed E-state index contributed by atoms with van der Waals surface area (Å²) in [4.78, 5) is 37.3. The van der Waals surface area contributed by atoms with Gasteiger partial charge in [0.1, 0.15) is 11.4 Å². The molecule has 1 saturated heterocycles. The Morgan fingerprint density at radius 2 is 1.94 bits per heavy atom. The van der Waals surface area contributed by atoms with Crippen molar-refractivity contribution in [3.05, 3.63) is 57.8 Å². The third-order valence-electron chi connectivity index (χ3n) is 4.21. The minimum absolute atomic E-state index is 0.0973. The molecule has 2 N–H and O–H groups in total. The molecule has 1 fully saturated rings. The third kappa shape index (κ3) is 4.94. The number of amides is 2. The molecule has 11 heteroatoms. The number of carboxylic acids is 1. The second kappa shape index (κ2) is 9.88. The Kier molecular flexibility index (Phi) is 7.21. The van der Waals surface area contributed by atoms with Crippen LogP contribution in [0.3, 0.4) is 0 Å². The van der Waals surface area contributed by atoms with E-state index >= 15 is 0 Å². The molecule has 0 spiro atoms. The highest BCUT2D eigenvalue weighted by Gasteiger charge is 2.35. The number of carboxylic acid groups (broad SMARTS) is 1. The first-order valence-electron chi connectivity index (χ1n) is 9.19. The number of hydrogen-bond acceptors (Lipinski definition) is 6. The monoisotopic (exact) mass is 522 g/mol. The number of para-hydroxylation sites is 1. The molecule has 8 nitrogen and oxygen atoms in total. The number of rotatable bonds is 7. The van der Waals surface area contributed by atoms with E-state index < -0.39 is 30.2 Å². The van der Waals surface area contributed by atoms with Crippen LogP contribution in [0, 0.1) is 5.82 Å². The van der Waals surface area contributed by atoms with Crippen LogP contribution in [-0.2, 0) is 14.4 Å². The highest BCUT2D eigenvalue weighted by Crippen LogP contribution is 2.35. The highest BCUT2D eigenvalue weighted by molar-refractivity contribution is 9.10. The van der Waals surface area contributed by atoms with Gasteiger partial charge in [-0.25, -0.2) is 14.1 Å². The highest BCUT2D eigenvalue weighted by atomic mass is 79.9. The van der Waals surface area contributed by atoms with Gasteiger partial charge in [-0.1, -0.05) is 28.1 Å². The number of anilines is 1. The van der Waals surface area contributed by atoms with Crippen LogP contribution < -0.4 is 19.7 Å². The van der Waals surface area contributed by atoms with Crippen molar-refractivity contribution in [2.24, 2.45) is 0 Å². The van der Waals surface area contributed by atoms with Gasteiger partial charge in [0, 0.05) is 4.47 Å². The fraction of sp³-hybridized carbons (Fsp3) is 0.143. The van der Waals surface area contributed by atoms with Gasteiger partial charge in [-0.3, -0.25) is 14.9 Å². The first kappa shape index (κ1) is 23.4. The quantitative estimate of drug-likeness (QED) is 0.326. The summed E-state index contributed by atoms with van der Waals surface area (Å²) in [5.41, 5.74) is -0.0139. The number of hydrogen-bond donors (Lipinski definition) is 2. The molecule has 1 aliphatic heterocycles. The van der Waals surface area contributed by atoms with Gasteiger partial charge >= 0.3 is 5.97 Å². The van der Waals surface area contributed by atoms with Gasteiger partial charge in [0.05, 0.1) is 12.3 Å². The van der Waals surface area contributed by atoms with Gasteiger partial charge in [-0.2, -0.15) is 0 Å². The molecule has 0 atom stereocenters. The van der Waals surface area contributed by atoms with E-state index in [4.69, 9.17) is 26.8 Å². The first-order chi connectivity index (χ1) is 15.2. The van der Waals surface area contributed by atoms with E-state index in [0.29, 0.717) is 10.0 Å². The molecule has 166 valence electrons. The standard InChI is InChI=1S/C21H16BrFN2O6S/c1-2-30-16-8-11(13(22)9-17(16)31-10-18(26)27)7-12-19(28)24-21(32)25(20(12)29)15-6-4-3-5-14(15)23/h3-9H,2,10H2,1H3,(H,26,27)(H,24,28,32)/b12-7+. The van der Waals surface area contributed by atoms with Crippen molar-refractivity contribution in [2.45, 2.75) is 6.92 Å². The maximum absolute atomic E-state index is 14.3. The van der Waals surface area contributed by atoms with Crippen LogP contribution >= 0.6 is 28.1 Å². The molecule has 0 aromatic heterocycles. The molecule has 1 aliphatic rings. The molecule has 0 bridgehead atoms. The van der Waals surface area contributed by atoms with E-state index in [2.05, 4.69) is 21.2 Å². The molecular weight excluding hydrogens is 507 g/mol. The summed E-state index contributed by atoms with van der Waals surface area (Å²) in [6.07, 6.45) is 1.29. The molecule has 0 saturated carbocycles. The zero-order chi connectivity index (χ0) is 23.4. The second-order valence-electron chi connectivity index (χ2n) is 6.35. The summed E-state index contributed by atoms with van der Waals surface area (Å²) >= 11 is 8.39. The van der Waals surface area contributed by atoms with Crippen molar-refractivity contribution < 1.29 is 33.4 Å². The maximum atomic E-state index is 14.3. The lowest BCUT2D eigenvalue weighted by molar-refractivity contribution is -0.139. The summed E-state index contributed by atoms with van der Waals surface area (Å²) in [6.45, 7) is 1.41. The zero-order valence-electron chi connectivity index (χ0n) is 16.6. The van der Waals surface area contributed by atoms with Gasteiger partial charge in [0.2, 0.25) is 0 Å². The lowest BCUT2D eigenvalue weighted by Gasteiger charge is -2.29. The average Bonchev–Trinajstić information content (AvgIpc) is 2.73. The number of halogens is 2. The van der Waals surface area contributed by atoms with Crippen molar-refractivity contribution in [1.29, 1.82) is 0 Å². The smallest absolute Gasteiger partial charge is 0.341 e. The molecule has 0 radical (unpaired) electrons. The second-order valence-corrected chi connectivity index (χ2v) is 7.59. The van der Waals surface area contributed by atoms with Crippen molar-refractivity contribution in [2.75, 3.05) is 18.1 Å². The van der Waals surface area contributed by atoms with Gasteiger partial charge in [0.15, 0.2) is 23.2 Å². The average molecular weight is 523 g/mol. The number of carbonyl (C=O) groups excluding carboxylic acids is 2. The summed E-state index contributed by atoms with van der Waals surface area (Å²) in [5, 5.41) is 11.0. The molecule has 32 heavy (non-hydrogen) atoms. The van der Waals surface area contributed by atoms with Gasteiger partial charge in [-0.15, -0.1) is 0 Å². The molecule has 3 rings (SSSR count). The largest absolute Gasteiger partial charge is 0.490 e. The molecule has 2 aromatic rings. The van der Waals surface area contributed by atoms with Crippen LogP contribution in [0.1, 0.15) is 12.5 Å². The van der Waals surface area contributed by atoms with Crippen LogP contribution in [0.4, 0.5) is 10.1 Å². The number of benzene rings is 2.